The van der Waals surface area contributed by atoms with Crippen molar-refractivity contribution < 1.29 is 4.52 Å². The molecule has 2 aromatic rings. The van der Waals surface area contributed by atoms with E-state index in [4.69, 9.17) is 10.3 Å². The van der Waals surface area contributed by atoms with E-state index in [0.717, 1.165) is 5.56 Å². The molecule has 0 saturated carbocycles. The summed E-state index contributed by atoms with van der Waals surface area (Å²) >= 11 is 0. The van der Waals surface area contributed by atoms with Crippen molar-refractivity contribution in [1.82, 2.24) is 10.1 Å². The molecule has 0 fully saturated rings. The van der Waals surface area contributed by atoms with Crippen LogP contribution in [0.1, 0.15) is 22.6 Å². The summed E-state index contributed by atoms with van der Waals surface area (Å²) in [4.78, 5) is 3.96. The molecule has 0 bridgehead atoms. The lowest BCUT2D eigenvalue weighted by molar-refractivity contribution is 0.386. The van der Waals surface area contributed by atoms with E-state index in [-0.39, 0.29) is 5.95 Å². The van der Waals surface area contributed by atoms with Gasteiger partial charge >= 0.3 is 0 Å². The molecule has 0 amide bonds. The van der Waals surface area contributed by atoms with Crippen LogP contribution in [0.3, 0.4) is 0 Å². The van der Waals surface area contributed by atoms with Crippen LogP contribution in [0.15, 0.2) is 22.7 Å². The van der Waals surface area contributed by atoms with E-state index in [1.54, 1.807) is 0 Å². The van der Waals surface area contributed by atoms with Crippen molar-refractivity contribution in [2.45, 2.75) is 20.3 Å². The van der Waals surface area contributed by atoms with Gasteiger partial charge in [-0.1, -0.05) is 18.2 Å². The Morgan fingerprint density at radius 1 is 1.27 bits per heavy atom. The van der Waals surface area contributed by atoms with Crippen LogP contribution in [-0.4, -0.2) is 10.1 Å². The monoisotopic (exact) mass is 203 g/mol. The summed E-state index contributed by atoms with van der Waals surface area (Å²) in [7, 11) is 0. The van der Waals surface area contributed by atoms with E-state index < -0.39 is 0 Å². The summed E-state index contributed by atoms with van der Waals surface area (Å²) in [5, 5.41) is 3.54. The second kappa shape index (κ2) is 3.73. The summed E-state index contributed by atoms with van der Waals surface area (Å²) in [5.74, 6) is 0.740. The van der Waals surface area contributed by atoms with Crippen LogP contribution >= 0.6 is 0 Å². The third kappa shape index (κ3) is 2.15. The number of hydrogen-bond donors (Lipinski definition) is 1. The van der Waals surface area contributed by atoms with Gasteiger partial charge in [0, 0.05) is 0 Å². The van der Waals surface area contributed by atoms with E-state index in [1.165, 1.54) is 11.1 Å². The lowest BCUT2D eigenvalue weighted by atomic mass is 10.0. The SMILES string of the molecule is Cc1ccc(Cc2nc(N)no2)cc1C. The van der Waals surface area contributed by atoms with Gasteiger partial charge < -0.3 is 10.3 Å². The first-order valence-corrected chi connectivity index (χ1v) is 4.79. The van der Waals surface area contributed by atoms with E-state index in [1.807, 2.05) is 0 Å². The van der Waals surface area contributed by atoms with Gasteiger partial charge in [-0.25, -0.2) is 0 Å². The average Bonchev–Trinajstić information content (AvgIpc) is 2.58. The summed E-state index contributed by atoms with van der Waals surface area (Å²) in [5.41, 5.74) is 9.07. The van der Waals surface area contributed by atoms with E-state index >= 15 is 0 Å². The van der Waals surface area contributed by atoms with Crippen molar-refractivity contribution in [3.63, 3.8) is 0 Å². The van der Waals surface area contributed by atoms with Gasteiger partial charge in [0.15, 0.2) is 0 Å². The quantitative estimate of drug-likeness (QED) is 0.809. The fourth-order valence-electron chi connectivity index (χ4n) is 1.43. The van der Waals surface area contributed by atoms with Gasteiger partial charge in [-0.2, -0.15) is 4.98 Å². The van der Waals surface area contributed by atoms with Crippen molar-refractivity contribution >= 4 is 5.95 Å². The number of rotatable bonds is 2. The Balaban J connectivity index is 2.21. The number of aromatic nitrogens is 2. The van der Waals surface area contributed by atoms with Crippen LogP contribution < -0.4 is 5.73 Å². The van der Waals surface area contributed by atoms with Gasteiger partial charge in [0.25, 0.3) is 5.95 Å². The van der Waals surface area contributed by atoms with E-state index in [0.29, 0.717) is 12.3 Å². The molecule has 2 rings (SSSR count). The predicted molar refractivity (Wildman–Crippen MR) is 57.4 cm³/mol. The smallest absolute Gasteiger partial charge is 0.260 e. The molecule has 4 nitrogen and oxygen atoms in total. The van der Waals surface area contributed by atoms with Gasteiger partial charge in [0.1, 0.15) is 0 Å². The van der Waals surface area contributed by atoms with Crippen molar-refractivity contribution in [2.24, 2.45) is 0 Å². The van der Waals surface area contributed by atoms with E-state index in [2.05, 4.69) is 42.2 Å². The molecule has 1 aromatic heterocycles. The highest BCUT2D eigenvalue weighted by atomic mass is 16.5. The normalized spacial score (nSPS) is 10.5. The summed E-state index contributed by atoms with van der Waals surface area (Å²) < 4.78 is 4.95. The van der Waals surface area contributed by atoms with E-state index in [9.17, 15) is 0 Å². The maximum Gasteiger partial charge on any atom is 0.260 e. The van der Waals surface area contributed by atoms with Crippen molar-refractivity contribution in [2.75, 3.05) is 5.73 Å². The lowest BCUT2D eigenvalue weighted by Crippen LogP contribution is -1.92. The van der Waals surface area contributed by atoms with Crippen LogP contribution in [-0.2, 0) is 6.42 Å². The summed E-state index contributed by atoms with van der Waals surface area (Å²) in [6.07, 6.45) is 0.630. The molecule has 0 saturated heterocycles. The first-order chi connectivity index (χ1) is 7.15. The van der Waals surface area contributed by atoms with Gasteiger partial charge in [-0.15, -0.1) is 0 Å². The minimum absolute atomic E-state index is 0.189. The molecule has 0 radical (unpaired) electrons. The molecule has 0 unspecified atom stereocenters. The lowest BCUT2D eigenvalue weighted by Gasteiger charge is -2.02. The molecular formula is C11H13N3O. The predicted octanol–water partition coefficient (Wildman–Crippen LogP) is 1.86. The topological polar surface area (TPSA) is 64.9 Å². The van der Waals surface area contributed by atoms with Gasteiger partial charge in [0.2, 0.25) is 5.89 Å². The molecule has 1 heterocycles. The largest absolute Gasteiger partial charge is 0.365 e. The Labute approximate surface area is 88.1 Å². The standard InChI is InChI=1S/C11H13N3O/c1-7-3-4-9(5-8(7)2)6-10-13-11(12)14-15-10/h3-5H,6H2,1-2H3,(H2,12,14). The Bertz CT molecular complexity index is 476. The molecule has 0 atom stereocenters. The second-order valence-electron chi connectivity index (χ2n) is 3.64. The molecule has 0 aliphatic carbocycles. The molecule has 78 valence electrons. The minimum atomic E-state index is 0.189. The molecule has 15 heavy (non-hydrogen) atoms. The van der Waals surface area contributed by atoms with Gasteiger partial charge in [-0.05, 0) is 35.7 Å². The Morgan fingerprint density at radius 3 is 2.67 bits per heavy atom. The Kier molecular flexibility index (Phi) is 2.41. The number of nitrogen functional groups attached to an aromatic ring is 1. The fraction of sp³-hybridized carbons (Fsp3) is 0.273. The molecule has 2 N–H and O–H groups in total. The second-order valence-corrected chi connectivity index (χ2v) is 3.64. The fourth-order valence-corrected chi connectivity index (χ4v) is 1.43. The zero-order valence-corrected chi connectivity index (χ0v) is 8.82. The average molecular weight is 203 g/mol. The highest BCUT2D eigenvalue weighted by molar-refractivity contribution is 5.31. The minimum Gasteiger partial charge on any atom is -0.365 e. The van der Waals surface area contributed by atoms with Crippen LogP contribution in [0, 0.1) is 13.8 Å². The number of benzene rings is 1. The first-order valence-electron chi connectivity index (χ1n) is 4.79. The van der Waals surface area contributed by atoms with Crippen LogP contribution in [0.2, 0.25) is 0 Å². The zero-order valence-electron chi connectivity index (χ0n) is 8.82. The number of nitrogens with two attached hydrogens (primary N) is 1. The molecular weight excluding hydrogens is 190 g/mol. The van der Waals surface area contributed by atoms with Crippen molar-refractivity contribution in [1.29, 1.82) is 0 Å². The molecule has 0 aliphatic rings. The Hall–Kier alpha value is -1.84. The van der Waals surface area contributed by atoms with Crippen LogP contribution in [0.5, 0.6) is 0 Å². The first kappa shape index (κ1) is 9.71. The summed E-state index contributed by atoms with van der Waals surface area (Å²) in [6, 6.07) is 6.27. The maximum absolute atomic E-state index is 5.37. The highest BCUT2D eigenvalue weighted by Gasteiger charge is 2.05. The Morgan fingerprint density at radius 2 is 2.07 bits per heavy atom. The van der Waals surface area contributed by atoms with Crippen molar-refractivity contribution in [3.8, 4) is 0 Å². The molecule has 4 heteroatoms. The zero-order chi connectivity index (χ0) is 10.8. The number of anilines is 1. The molecule has 0 spiro atoms. The molecule has 1 aromatic carbocycles. The van der Waals surface area contributed by atoms with Gasteiger partial charge in [0.05, 0.1) is 6.42 Å². The van der Waals surface area contributed by atoms with Crippen molar-refractivity contribution in [3.05, 3.63) is 40.8 Å². The van der Waals surface area contributed by atoms with Crippen LogP contribution in [0.25, 0.3) is 0 Å². The third-order valence-electron chi connectivity index (χ3n) is 2.41. The number of aryl methyl sites for hydroxylation is 2. The molecule has 0 aliphatic heterocycles. The maximum atomic E-state index is 5.37. The van der Waals surface area contributed by atoms with Crippen LogP contribution in [0.4, 0.5) is 5.95 Å². The summed E-state index contributed by atoms with van der Waals surface area (Å²) in [6.45, 7) is 4.17. The highest BCUT2D eigenvalue weighted by Crippen LogP contribution is 2.13. The number of nitrogens with zero attached hydrogens (tertiary/aromatic N) is 2. The van der Waals surface area contributed by atoms with Gasteiger partial charge in [-0.3, -0.25) is 0 Å². The number of hydrogen-bond acceptors (Lipinski definition) is 4. The third-order valence-corrected chi connectivity index (χ3v) is 2.41.